The Morgan fingerprint density at radius 2 is 1.95 bits per heavy atom. The van der Waals surface area contributed by atoms with E-state index >= 15 is 0 Å². The van der Waals surface area contributed by atoms with Crippen molar-refractivity contribution in [1.29, 1.82) is 0 Å². The van der Waals surface area contributed by atoms with Gasteiger partial charge in [0.2, 0.25) is 10.0 Å². The molecule has 0 fully saturated rings. The summed E-state index contributed by atoms with van der Waals surface area (Å²) in [7, 11) is -3.82. The van der Waals surface area contributed by atoms with Gasteiger partial charge < -0.3 is 0 Å². The highest BCUT2D eigenvalue weighted by atomic mass is 79.9. The van der Waals surface area contributed by atoms with Crippen LogP contribution in [0.25, 0.3) is 0 Å². The molecule has 0 aliphatic rings. The average Bonchev–Trinajstić information content (AvgIpc) is 2.20. The zero-order valence-electron chi connectivity index (χ0n) is 9.47. The summed E-state index contributed by atoms with van der Waals surface area (Å²) in [6.45, 7) is 0. The molecule has 0 spiro atoms. The van der Waals surface area contributed by atoms with E-state index in [1.165, 1.54) is 18.2 Å². The van der Waals surface area contributed by atoms with E-state index in [1.54, 1.807) is 0 Å². The summed E-state index contributed by atoms with van der Waals surface area (Å²) >= 11 is 8.80. The van der Waals surface area contributed by atoms with E-state index in [0.29, 0.717) is 9.50 Å². The van der Waals surface area contributed by atoms with E-state index in [1.807, 2.05) is 0 Å². The molecule has 0 amide bonds. The minimum atomic E-state index is -4.35. The predicted molar refractivity (Wildman–Crippen MR) is 71.9 cm³/mol. The largest absolute Gasteiger partial charge is 0.389 e. The lowest BCUT2D eigenvalue weighted by Crippen LogP contribution is -2.19. The minimum absolute atomic E-state index is 0.233. The Morgan fingerprint density at radius 1 is 1.32 bits per heavy atom. The van der Waals surface area contributed by atoms with Gasteiger partial charge in [-0.05, 0) is 40.5 Å². The van der Waals surface area contributed by atoms with Crippen molar-refractivity contribution in [3.05, 3.63) is 27.7 Å². The van der Waals surface area contributed by atoms with Crippen molar-refractivity contribution in [2.24, 2.45) is 0 Å². The highest BCUT2D eigenvalue weighted by Crippen LogP contribution is 2.27. The fourth-order valence-corrected chi connectivity index (χ4v) is 3.31. The van der Waals surface area contributed by atoms with Crippen molar-refractivity contribution >= 4 is 43.2 Å². The molecule has 0 heterocycles. The number of hydrogen-bond donors (Lipinski definition) is 1. The second-order valence-electron chi connectivity index (χ2n) is 3.76. The highest BCUT2D eigenvalue weighted by molar-refractivity contribution is 9.10. The molecule has 1 aromatic rings. The number of anilines is 1. The van der Waals surface area contributed by atoms with E-state index in [9.17, 15) is 21.6 Å². The van der Waals surface area contributed by atoms with Crippen LogP contribution < -0.4 is 4.72 Å². The fourth-order valence-electron chi connectivity index (χ4n) is 1.25. The van der Waals surface area contributed by atoms with Crippen LogP contribution in [-0.2, 0) is 10.0 Å². The molecular weight excluding hydrogens is 371 g/mol. The van der Waals surface area contributed by atoms with Crippen LogP contribution in [0.3, 0.4) is 0 Å². The molecule has 19 heavy (non-hydrogen) atoms. The normalized spacial score (nSPS) is 12.5. The molecule has 0 bridgehead atoms. The van der Waals surface area contributed by atoms with Gasteiger partial charge in [-0.25, -0.2) is 8.42 Å². The summed E-state index contributed by atoms with van der Waals surface area (Å²) in [5.74, 6) is -0.596. The Bertz CT molecular complexity index is 548. The maximum Gasteiger partial charge on any atom is 0.389 e. The van der Waals surface area contributed by atoms with E-state index in [0.717, 1.165) is 0 Å². The third kappa shape index (κ3) is 6.49. The Balaban J connectivity index is 2.64. The van der Waals surface area contributed by atoms with Crippen molar-refractivity contribution in [2.75, 3.05) is 10.5 Å². The molecule has 0 aliphatic carbocycles. The smallest absolute Gasteiger partial charge is 0.282 e. The number of halogens is 5. The predicted octanol–water partition coefficient (Wildman–Crippen LogP) is 4.19. The number of sulfonamides is 1. The van der Waals surface area contributed by atoms with Crippen molar-refractivity contribution in [3.8, 4) is 0 Å². The second-order valence-corrected chi connectivity index (χ2v) is 6.90. The highest BCUT2D eigenvalue weighted by Gasteiger charge is 2.27. The Morgan fingerprint density at radius 3 is 2.47 bits per heavy atom. The van der Waals surface area contributed by atoms with Gasteiger partial charge in [0.05, 0.1) is 11.4 Å². The summed E-state index contributed by atoms with van der Waals surface area (Å²) < 4.78 is 61.6. The monoisotopic (exact) mass is 379 g/mol. The fraction of sp³-hybridized carbons (Fsp3) is 0.400. The minimum Gasteiger partial charge on any atom is -0.282 e. The van der Waals surface area contributed by atoms with Crippen LogP contribution in [0.4, 0.5) is 18.9 Å². The molecule has 1 N–H and O–H groups in total. The van der Waals surface area contributed by atoms with E-state index in [-0.39, 0.29) is 5.69 Å². The Kier molecular flexibility index (Phi) is 5.52. The summed E-state index contributed by atoms with van der Waals surface area (Å²) in [5.41, 5.74) is 0.233. The number of nitrogens with one attached hydrogen (secondary N) is 1. The summed E-state index contributed by atoms with van der Waals surface area (Å²) in [6, 6.07) is 4.38. The second kappa shape index (κ2) is 6.32. The van der Waals surface area contributed by atoms with Gasteiger partial charge >= 0.3 is 6.18 Å². The molecule has 108 valence electrons. The van der Waals surface area contributed by atoms with Crippen LogP contribution >= 0.6 is 27.5 Å². The molecular formula is C10H10BrClF3NO2S. The van der Waals surface area contributed by atoms with Crippen LogP contribution in [0.5, 0.6) is 0 Å². The zero-order valence-corrected chi connectivity index (χ0v) is 12.6. The average molecular weight is 381 g/mol. The molecule has 0 atom stereocenters. The SMILES string of the molecule is O=S(=O)(CCCC(F)(F)F)Nc1ccc(Cl)cc1Br. The lowest BCUT2D eigenvalue weighted by Gasteiger charge is -2.10. The summed E-state index contributed by atoms with van der Waals surface area (Å²) in [4.78, 5) is 0. The number of hydrogen-bond acceptors (Lipinski definition) is 2. The first-order chi connectivity index (χ1) is 8.59. The summed E-state index contributed by atoms with van der Waals surface area (Å²) in [6.07, 6.45) is -5.96. The number of rotatable bonds is 5. The quantitative estimate of drug-likeness (QED) is 0.833. The molecule has 1 aromatic carbocycles. The van der Waals surface area contributed by atoms with Crippen LogP contribution in [0, 0.1) is 0 Å². The van der Waals surface area contributed by atoms with Gasteiger partial charge in [-0.15, -0.1) is 0 Å². The van der Waals surface area contributed by atoms with Crippen LogP contribution in [-0.4, -0.2) is 20.3 Å². The lowest BCUT2D eigenvalue weighted by atomic mass is 10.3. The maximum absolute atomic E-state index is 11.9. The summed E-state index contributed by atoms with van der Waals surface area (Å²) in [5, 5.41) is 0.409. The van der Waals surface area contributed by atoms with Crippen molar-refractivity contribution in [1.82, 2.24) is 0 Å². The van der Waals surface area contributed by atoms with Gasteiger partial charge in [-0.2, -0.15) is 13.2 Å². The first kappa shape index (κ1) is 16.6. The molecule has 0 aliphatic heterocycles. The Hall–Kier alpha value is -0.470. The number of benzene rings is 1. The lowest BCUT2D eigenvalue weighted by molar-refractivity contribution is -0.134. The third-order valence-electron chi connectivity index (χ3n) is 2.07. The van der Waals surface area contributed by atoms with Gasteiger partial charge in [-0.1, -0.05) is 11.6 Å². The molecule has 3 nitrogen and oxygen atoms in total. The standard InChI is InChI=1S/C10H10BrClF3NO2S/c11-8-6-7(12)2-3-9(8)16-19(17,18)5-1-4-10(13,14)15/h2-3,6,16H,1,4-5H2. The molecule has 0 aromatic heterocycles. The maximum atomic E-state index is 11.9. The van der Waals surface area contributed by atoms with Gasteiger partial charge in [0.15, 0.2) is 0 Å². The molecule has 0 saturated carbocycles. The van der Waals surface area contributed by atoms with Gasteiger partial charge in [0.25, 0.3) is 0 Å². The number of alkyl halides is 3. The zero-order chi connectivity index (χ0) is 14.7. The molecule has 9 heteroatoms. The van der Waals surface area contributed by atoms with E-state index in [4.69, 9.17) is 11.6 Å². The molecule has 0 radical (unpaired) electrons. The van der Waals surface area contributed by atoms with Gasteiger partial charge in [0.1, 0.15) is 0 Å². The van der Waals surface area contributed by atoms with Crippen molar-refractivity contribution in [3.63, 3.8) is 0 Å². The van der Waals surface area contributed by atoms with Gasteiger partial charge in [-0.3, -0.25) is 4.72 Å². The first-order valence-electron chi connectivity index (χ1n) is 5.11. The Labute approximate surface area is 122 Å². The molecule has 0 saturated heterocycles. The van der Waals surface area contributed by atoms with Crippen molar-refractivity contribution < 1.29 is 21.6 Å². The van der Waals surface area contributed by atoms with E-state index in [2.05, 4.69) is 20.7 Å². The topological polar surface area (TPSA) is 46.2 Å². The van der Waals surface area contributed by atoms with Crippen LogP contribution in [0.2, 0.25) is 5.02 Å². The van der Waals surface area contributed by atoms with Crippen molar-refractivity contribution in [2.45, 2.75) is 19.0 Å². The van der Waals surface area contributed by atoms with Crippen LogP contribution in [0.1, 0.15) is 12.8 Å². The first-order valence-corrected chi connectivity index (χ1v) is 7.94. The van der Waals surface area contributed by atoms with Gasteiger partial charge in [0, 0.05) is 15.9 Å². The van der Waals surface area contributed by atoms with E-state index < -0.39 is 34.8 Å². The molecule has 1 rings (SSSR count). The molecule has 0 unspecified atom stereocenters. The third-order valence-corrected chi connectivity index (χ3v) is 4.32. The van der Waals surface area contributed by atoms with Crippen LogP contribution in [0.15, 0.2) is 22.7 Å².